The molecule has 2 N–H and O–H groups in total. The first-order chi connectivity index (χ1) is 13.7. The van der Waals surface area contributed by atoms with Gasteiger partial charge in [-0.2, -0.15) is 0 Å². The van der Waals surface area contributed by atoms with Gasteiger partial charge in [-0.15, -0.1) is 0 Å². The van der Waals surface area contributed by atoms with Crippen molar-refractivity contribution in [3.63, 3.8) is 0 Å². The Bertz CT molecular complexity index is 809. The van der Waals surface area contributed by atoms with Crippen LogP contribution in [-0.2, 0) is 6.42 Å². The van der Waals surface area contributed by atoms with Crippen LogP contribution in [-0.4, -0.2) is 50.0 Å². The lowest BCUT2D eigenvalue weighted by Crippen LogP contribution is -2.43. The van der Waals surface area contributed by atoms with Gasteiger partial charge in [0.2, 0.25) is 0 Å². The molecule has 2 aromatic rings. The smallest absolute Gasteiger partial charge is 0.252 e. The number of nitrogens with one attached hydrogen (secondary N) is 2. The highest BCUT2D eigenvalue weighted by atomic mass is 35.5. The van der Waals surface area contributed by atoms with E-state index in [0.717, 1.165) is 25.5 Å². The summed E-state index contributed by atoms with van der Waals surface area (Å²) in [5, 5.41) is 6.70. The second-order valence-electron chi connectivity index (χ2n) is 7.00. The summed E-state index contributed by atoms with van der Waals surface area (Å²) >= 11 is 6.06. The molecule has 2 aromatic carbocycles. The van der Waals surface area contributed by atoms with Crippen LogP contribution < -0.4 is 10.6 Å². The van der Waals surface area contributed by atoms with E-state index in [9.17, 15) is 4.79 Å². The number of rotatable bonds is 6. The number of likely N-dealkylation sites (tertiary alicyclic amines) is 1. The number of hydrogen-bond donors (Lipinski definition) is 2. The van der Waals surface area contributed by atoms with Crippen molar-refractivity contribution in [3.8, 4) is 0 Å². The molecule has 28 heavy (non-hydrogen) atoms. The van der Waals surface area contributed by atoms with Crippen LogP contribution in [0.4, 0.5) is 0 Å². The Kier molecular flexibility index (Phi) is 7.31. The summed E-state index contributed by atoms with van der Waals surface area (Å²) in [6, 6.07) is 17.7. The molecule has 1 atom stereocenters. The zero-order chi connectivity index (χ0) is 19.8. The molecule has 1 aliphatic heterocycles. The molecule has 0 aromatic heterocycles. The molecule has 0 radical (unpaired) electrons. The first kappa shape index (κ1) is 20.2. The standard InChI is InChI=1S/C22H27ClN4O/c1-24-22(26-13-12-25-21(28)19-9-5-6-10-20(19)23)27-14-11-18(16-27)15-17-7-3-2-4-8-17/h2-10,18H,11-16H2,1H3,(H,24,26)(H,25,28). The molecule has 0 spiro atoms. The van der Waals surface area contributed by atoms with Gasteiger partial charge in [-0.1, -0.05) is 54.1 Å². The van der Waals surface area contributed by atoms with E-state index in [2.05, 4.69) is 50.9 Å². The lowest BCUT2D eigenvalue weighted by molar-refractivity contribution is 0.0954. The lowest BCUT2D eigenvalue weighted by atomic mass is 9.99. The summed E-state index contributed by atoms with van der Waals surface area (Å²) in [5.74, 6) is 1.37. The van der Waals surface area contributed by atoms with E-state index in [0.29, 0.717) is 29.6 Å². The third-order valence-electron chi connectivity index (χ3n) is 4.98. The number of carbonyl (C=O) groups excluding carboxylic acids is 1. The Morgan fingerprint density at radius 1 is 1.11 bits per heavy atom. The number of aliphatic imine (C=N–C) groups is 1. The minimum atomic E-state index is -0.161. The lowest BCUT2D eigenvalue weighted by Gasteiger charge is -2.22. The number of hydrogen-bond acceptors (Lipinski definition) is 2. The Hall–Kier alpha value is -2.53. The fraction of sp³-hybridized carbons (Fsp3) is 0.364. The zero-order valence-electron chi connectivity index (χ0n) is 16.2. The van der Waals surface area contributed by atoms with Gasteiger partial charge in [0, 0.05) is 33.2 Å². The van der Waals surface area contributed by atoms with Gasteiger partial charge in [-0.3, -0.25) is 9.79 Å². The van der Waals surface area contributed by atoms with E-state index >= 15 is 0 Å². The number of benzene rings is 2. The Labute approximate surface area is 171 Å². The maximum Gasteiger partial charge on any atom is 0.252 e. The minimum Gasteiger partial charge on any atom is -0.354 e. The molecule has 0 saturated carbocycles. The van der Waals surface area contributed by atoms with Crippen LogP contribution >= 0.6 is 11.6 Å². The molecule has 6 heteroatoms. The fourth-order valence-corrected chi connectivity index (χ4v) is 3.78. The van der Waals surface area contributed by atoms with Gasteiger partial charge < -0.3 is 15.5 Å². The quantitative estimate of drug-likeness (QED) is 0.446. The van der Waals surface area contributed by atoms with Gasteiger partial charge in [-0.05, 0) is 36.5 Å². The number of carbonyl (C=O) groups is 1. The summed E-state index contributed by atoms with van der Waals surface area (Å²) in [7, 11) is 1.80. The summed E-state index contributed by atoms with van der Waals surface area (Å²) in [6.07, 6.45) is 2.26. The van der Waals surface area contributed by atoms with E-state index in [1.165, 1.54) is 12.0 Å². The van der Waals surface area contributed by atoms with Crippen LogP contribution in [0.5, 0.6) is 0 Å². The highest BCUT2D eigenvalue weighted by molar-refractivity contribution is 6.33. The summed E-state index contributed by atoms with van der Waals surface area (Å²) < 4.78 is 0. The predicted molar refractivity (Wildman–Crippen MR) is 115 cm³/mol. The average Bonchev–Trinajstić information content (AvgIpc) is 3.17. The van der Waals surface area contributed by atoms with Crippen molar-refractivity contribution in [2.45, 2.75) is 12.8 Å². The van der Waals surface area contributed by atoms with Gasteiger partial charge in [0.15, 0.2) is 5.96 Å². The minimum absolute atomic E-state index is 0.161. The monoisotopic (exact) mass is 398 g/mol. The Morgan fingerprint density at radius 2 is 1.82 bits per heavy atom. The third kappa shape index (κ3) is 5.49. The van der Waals surface area contributed by atoms with Crippen LogP contribution in [0.1, 0.15) is 22.3 Å². The van der Waals surface area contributed by atoms with Crippen LogP contribution in [0.2, 0.25) is 5.02 Å². The van der Waals surface area contributed by atoms with Gasteiger partial charge in [-0.25, -0.2) is 0 Å². The van der Waals surface area contributed by atoms with Gasteiger partial charge in [0.05, 0.1) is 10.6 Å². The molecular weight excluding hydrogens is 372 g/mol. The van der Waals surface area contributed by atoms with Crippen LogP contribution in [0.3, 0.4) is 0 Å². The Morgan fingerprint density at radius 3 is 2.57 bits per heavy atom. The molecule has 1 amide bonds. The van der Waals surface area contributed by atoms with E-state index in [4.69, 9.17) is 11.6 Å². The predicted octanol–water partition coefficient (Wildman–Crippen LogP) is 3.21. The fourth-order valence-electron chi connectivity index (χ4n) is 3.56. The normalized spacial score (nSPS) is 16.9. The maximum absolute atomic E-state index is 12.2. The second kappa shape index (κ2) is 10.1. The van der Waals surface area contributed by atoms with E-state index in [-0.39, 0.29) is 5.91 Å². The van der Waals surface area contributed by atoms with Crippen molar-refractivity contribution in [2.75, 3.05) is 33.2 Å². The summed E-state index contributed by atoms with van der Waals surface area (Å²) in [4.78, 5) is 18.9. The highest BCUT2D eigenvalue weighted by Gasteiger charge is 2.24. The Balaban J connectivity index is 1.41. The largest absolute Gasteiger partial charge is 0.354 e. The summed E-state index contributed by atoms with van der Waals surface area (Å²) in [6.45, 7) is 3.12. The SMILES string of the molecule is CN=C(NCCNC(=O)c1ccccc1Cl)N1CCC(Cc2ccccc2)C1. The van der Waals surface area contributed by atoms with Crippen molar-refractivity contribution in [3.05, 3.63) is 70.7 Å². The molecule has 1 unspecified atom stereocenters. The molecule has 1 heterocycles. The number of halogens is 1. The van der Waals surface area contributed by atoms with E-state index in [1.807, 2.05) is 6.07 Å². The first-order valence-corrected chi connectivity index (χ1v) is 10.1. The molecule has 1 fully saturated rings. The van der Waals surface area contributed by atoms with Crippen LogP contribution in [0, 0.1) is 5.92 Å². The highest BCUT2D eigenvalue weighted by Crippen LogP contribution is 2.20. The van der Waals surface area contributed by atoms with Crippen molar-refractivity contribution in [2.24, 2.45) is 10.9 Å². The van der Waals surface area contributed by atoms with Gasteiger partial charge in [0.25, 0.3) is 5.91 Å². The first-order valence-electron chi connectivity index (χ1n) is 9.69. The zero-order valence-corrected chi connectivity index (χ0v) is 17.0. The van der Waals surface area contributed by atoms with Crippen molar-refractivity contribution in [1.29, 1.82) is 0 Å². The molecule has 5 nitrogen and oxygen atoms in total. The number of guanidine groups is 1. The van der Waals surface area contributed by atoms with Crippen molar-refractivity contribution in [1.82, 2.24) is 15.5 Å². The van der Waals surface area contributed by atoms with Crippen LogP contribution in [0.15, 0.2) is 59.6 Å². The third-order valence-corrected chi connectivity index (χ3v) is 5.31. The van der Waals surface area contributed by atoms with Crippen molar-refractivity contribution < 1.29 is 4.79 Å². The van der Waals surface area contributed by atoms with Crippen LogP contribution in [0.25, 0.3) is 0 Å². The molecule has 148 valence electrons. The van der Waals surface area contributed by atoms with Gasteiger partial charge >= 0.3 is 0 Å². The number of nitrogens with zero attached hydrogens (tertiary/aromatic N) is 2. The number of amides is 1. The second-order valence-corrected chi connectivity index (χ2v) is 7.41. The molecule has 1 saturated heterocycles. The van der Waals surface area contributed by atoms with E-state index < -0.39 is 0 Å². The topological polar surface area (TPSA) is 56.7 Å². The molecule has 0 aliphatic carbocycles. The average molecular weight is 399 g/mol. The molecule has 1 aliphatic rings. The van der Waals surface area contributed by atoms with Crippen molar-refractivity contribution >= 4 is 23.5 Å². The molecule has 3 rings (SSSR count). The maximum atomic E-state index is 12.2. The van der Waals surface area contributed by atoms with Gasteiger partial charge in [0.1, 0.15) is 0 Å². The molecular formula is C22H27ClN4O. The van der Waals surface area contributed by atoms with E-state index in [1.54, 1.807) is 25.2 Å². The summed E-state index contributed by atoms with van der Waals surface area (Å²) in [5.41, 5.74) is 1.89. The molecule has 0 bridgehead atoms.